The van der Waals surface area contributed by atoms with Crippen molar-refractivity contribution in [3.63, 3.8) is 0 Å². The SMILES string of the molecule is CCN1C(=O)CC(NC(C)c2nccs2)C1=O. The van der Waals surface area contributed by atoms with Gasteiger partial charge in [-0.1, -0.05) is 0 Å². The summed E-state index contributed by atoms with van der Waals surface area (Å²) in [4.78, 5) is 28.9. The second kappa shape index (κ2) is 4.93. The summed E-state index contributed by atoms with van der Waals surface area (Å²) in [5, 5.41) is 5.99. The van der Waals surface area contributed by atoms with Crippen LogP contribution in [-0.4, -0.2) is 34.3 Å². The van der Waals surface area contributed by atoms with Crippen LogP contribution in [0.1, 0.15) is 31.3 Å². The fraction of sp³-hybridized carbons (Fsp3) is 0.545. The second-order valence-corrected chi connectivity index (χ2v) is 4.92. The summed E-state index contributed by atoms with van der Waals surface area (Å²) in [6.07, 6.45) is 1.99. The van der Waals surface area contributed by atoms with Crippen LogP contribution in [0.25, 0.3) is 0 Å². The lowest BCUT2D eigenvalue weighted by Crippen LogP contribution is -2.39. The first-order valence-corrected chi connectivity index (χ1v) is 6.51. The number of likely N-dealkylation sites (tertiary alicyclic amines) is 1. The number of nitrogens with one attached hydrogen (secondary N) is 1. The predicted molar refractivity (Wildman–Crippen MR) is 64.5 cm³/mol. The summed E-state index contributed by atoms with van der Waals surface area (Å²) in [7, 11) is 0. The van der Waals surface area contributed by atoms with Crippen molar-refractivity contribution in [3.05, 3.63) is 16.6 Å². The molecule has 2 rings (SSSR count). The van der Waals surface area contributed by atoms with Crippen molar-refractivity contribution >= 4 is 23.2 Å². The zero-order chi connectivity index (χ0) is 12.4. The second-order valence-electron chi connectivity index (χ2n) is 3.99. The van der Waals surface area contributed by atoms with E-state index in [0.29, 0.717) is 6.54 Å². The average Bonchev–Trinajstić information content (AvgIpc) is 2.89. The predicted octanol–water partition coefficient (Wildman–Crippen LogP) is 0.941. The maximum atomic E-state index is 11.9. The minimum absolute atomic E-state index is 0.00597. The first-order valence-electron chi connectivity index (χ1n) is 5.63. The Labute approximate surface area is 104 Å². The van der Waals surface area contributed by atoms with Gasteiger partial charge >= 0.3 is 0 Å². The average molecular weight is 253 g/mol. The molecule has 0 aromatic carbocycles. The number of nitrogens with zero attached hydrogens (tertiary/aromatic N) is 2. The maximum Gasteiger partial charge on any atom is 0.246 e. The van der Waals surface area contributed by atoms with Crippen LogP contribution in [0.4, 0.5) is 0 Å². The van der Waals surface area contributed by atoms with Gasteiger partial charge in [-0.3, -0.25) is 19.8 Å². The number of imide groups is 1. The molecule has 1 aromatic rings. The molecule has 0 radical (unpaired) electrons. The van der Waals surface area contributed by atoms with Crippen LogP contribution >= 0.6 is 11.3 Å². The molecule has 0 aliphatic carbocycles. The zero-order valence-corrected chi connectivity index (χ0v) is 10.7. The first-order chi connectivity index (χ1) is 8.13. The van der Waals surface area contributed by atoms with Crippen LogP contribution in [0.5, 0.6) is 0 Å². The van der Waals surface area contributed by atoms with Crippen molar-refractivity contribution in [3.8, 4) is 0 Å². The Morgan fingerprint density at radius 2 is 2.41 bits per heavy atom. The number of hydrogen-bond acceptors (Lipinski definition) is 5. The van der Waals surface area contributed by atoms with Gasteiger partial charge in [-0.2, -0.15) is 0 Å². The quantitative estimate of drug-likeness (QED) is 0.811. The van der Waals surface area contributed by atoms with Crippen LogP contribution in [0.15, 0.2) is 11.6 Å². The van der Waals surface area contributed by atoms with E-state index >= 15 is 0 Å². The molecule has 2 unspecified atom stereocenters. The number of aromatic nitrogens is 1. The monoisotopic (exact) mass is 253 g/mol. The molecule has 0 bridgehead atoms. The molecule has 2 heterocycles. The van der Waals surface area contributed by atoms with Crippen LogP contribution in [0, 0.1) is 0 Å². The van der Waals surface area contributed by atoms with Crippen LogP contribution in [-0.2, 0) is 9.59 Å². The van der Waals surface area contributed by atoms with Crippen molar-refractivity contribution in [2.45, 2.75) is 32.4 Å². The van der Waals surface area contributed by atoms with Crippen molar-refractivity contribution < 1.29 is 9.59 Å². The van der Waals surface area contributed by atoms with E-state index in [4.69, 9.17) is 0 Å². The molecule has 92 valence electrons. The third kappa shape index (κ3) is 2.37. The number of rotatable bonds is 4. The van der Waals surface area contributed by atoms with Gasteiger partial charge in [0.2, 0.25) is 11.8 Å². The molecule has 17 heavy (non-hydrogen) atoms. The fourth-order valence-corrected chi connectivity index (χ4v) is 2.62. The lowest BCUT2D eigenvalue weighted by molar-refractivity contribution is -0.138. The molecule has 1 aromatic heterocycles. The maximum absolute atomic E-state index is 11.9. The van der Waals surface area contributed by atoms with Gasteiger partial charge in [0.1, 0.15) is 5.01 Å². The summed E-state index contributed by atoms with van der Waals surface area (Å²) in [6.45, 7) is 4.20. The number of carbonyl (C=O) groups is 2. The Bertz CT molecular complexity index is 418. The summed E-state index contributed by atoms with van der Waals surface area (Å²) < 4.78 is 0. The van der Waals surface area contributed by atoms with Crippen molar-refractivity contribution in [1.82, 2.24) is 15.2 Å². The Kier molecular flexibility index (Phi) is 3.54. The Hall–Kier alpha value is -1.27. The lowest BCUT2D eigenvalue weighted by Gasteiger charge is -2.16. The molecule has 2 atom stereocenters. The largest absolute Gasteiger partial charge is 0.297 e. The van der Waals surface area contributed by atoms with Gasteiger partial charge in [-0.05, 0) is 13.8 Å². The van der Waals surface area contributed by atoms with E-state index in [1.807, 2.05) is 19.2 Å². The van der Waals surface area contributed by atoms with E-state index in [-0.39, 0.29) is 24.3 Å². The van der Waals surface area contributed by atoms with E-state index in [2.05, 4.69) is 10.3 Å². The van der Waals surface area contributed by atoms with Crippen LogP contribution in [0.3, 0.4) is 0 Å². The molecule has 0 saturated carbocycles. The van der Waals surface area contributed by atoms with Gasteiger partial charge in [0.05, 0.1) is 18.5 Å². The molecule has 2 amide bonds. The van der Waals surface area contributed by atoms with Gasteiger partial charge in [0.15, 0.2) is 0 Å². The summed E-state index contributed by atoms with van der Waals surface area (Å²) in [6, 6.07) is -0.407. The molecule has 6 heteroatoms. The van der Waals surface area contributed by atoms with E-state index in [0.717, 1.165) is 5.01 Å². The molecular weight excluding hydrogens is 238 g/mol. The first kappa shape index (κ1) is 12.2. The molecule has 1 aliphatic rings. The van der Waals surface area contributed by atoms with E-state index in [1.165, 1.54) is 16.2 Å². The minimum Gasteiger partial charge on any atom is -0.297 e. The molecule has 5 nitrogen and oxygen atoms in total. The van der Waals surface area contributed by atoms with Gasteiger partial charge in [0, 0.05) is 18.1 Å². The minimum atomic E-state index is -0.402. The van der Waals surface area contributed by atoms with Crippen LogP contribution < -0.4 is 5.32 Å². The van der Waals surface area contributed by atoms with E-state index in [1.54, 1.807) is 6.20 Å². The summed E-state index contributed by atoms with van der Waals surface area (Å²) >= 11 is 1.54. The number of carbonyl (C=O) groups excluding carboxylic acids is 2. The third-order valence-corrected chi connectivity index (χ3v) is 3.79. The van der Waals surface area contributed by atoms with Crippen molar-refractivity contribution in [2.75, 3.05) is 6.54 Å². The Morgan fingerprint density at radius 3 is 2.94 bits per heavy atom. The molecule has 1 fully saturated rings. The third-order valence-electron chi connectivity index (χ3n) is 2.83. The van der Waals surface area contributed by atoms with E-state index in [9.17, 15) is 9.59 Å². The summed E-state index contributed by atoms with van der Waals surface area (Å²) in [5.41, 5.74) is 0. The van der Waals surface area contributed by atoms with Crippen molar-refractivity contribution in [1.29, 1.82) is 0 Å². The highest BCUT2D eigenvalue weighted by molar-refractivity contribution is 7.09. The normalized spacial score (nSPS) is 22.2. The number of amides is 2. The highest BCUT2D eigenvalue weighted by Crippen LogP contribution is 2.19. The van der Waals surface area contributed by atoms with Gasteiger partial charge in [-0.25, -0.2) is 4.98 Å². The highest BCUT2D eigenvalue weighted by atomic mass is 32.1. The number of hydrogen-bond donors (Lipinski definition) is 1. The smallest absolute Gasteiger partial charge is 0.246 e. The molecule has 1 saturated heterocycles. The summed E-state index contributed by atoms with van der Waals surface area (Å²) in [5.74, 6) is -0.220. The van der Waals surface area contributed by atoms with E-state index < -0.39 is 6.04 Å². The number of likely N-dealkylation sites (N-methyl/N-ethyl adjacent to an activating group) is 1. The highest BCUT2D eigenvalue weighted by Gasteiger charge is 2.38. The molecule has 1 N–H and O–H groups in total. The van der Waals surface area contributed by atoms with Gasteiger partial charge in [-0.15, -0.1) is 11.3 Å². The van der Waals surface area contributed by atoms with Gasteiger partial charge < -0.3 is 0 Å². The van der Waals surface area contributed by atoms with Gasteiger partial charge in [0.25, 0.3) is 0 Å². The fourth-order valence-electron chi connectivity index (χ4n) is 1.97. The van der Waals surface area contributed by atoms with Crippen LogP contribution in [0.2, 0.25) is 0 Å². The molecule has 0 spiro atoms. The molecule has 1 aliphatic heterocycles. The standard InChI is InChI=1S/C11H15N3O2S/c1-3-14-9(15)6-8(11(14)16)13-7(2)10-12-4-5-17-10/h4-5,7-8,13H,3,6H2,1-2H3. The van der Waals surface area contributed by atoms with Crippen molar-refractivity contribution in [2.24, 2.45) is 0 Å². The topological polar surface area (TPSA) is 62.3 Å². The Morgan fingerprint density at radius 1 is 1.65 bits per heavy atom. The Balaban J connectivity index is 2.01. The zero-order valence-electron chi connectivity index (χ0n) is 9.84. The number of thiazole rings is 1. The molecular formula is C11H15N3O2S. The lowest BCUT2D eigenvalue weighted by atomic mass is 10.2.